The summed E-state index contributed by atoms with van der Waals surface area (Å²) in [6, 6.07) is 0. The average Bonchev–Trinajstić information content (AvgIpc) is 2.31. The summed E-state index contributed by atoms with van der Waals surface area (Å²) < 4.78 is 14.1. The minimum absolute atomic E-state index is 0.105. The third-order valence-electron chi connectivity index (χ3n) is 3.36. The van der Waals surface area contributed by atoms with E-state index < -0.39 is 21.6 Å². The van der Waals surface area contributed by atoms with E-state index in [1.807, 2.05) is 0 Å². The molecule has 0 N–H and O–H groups in total. The minimum atomic E-state index is -3.14. The average molecular weight is 339 g/mol. The van der Waals surface area contributed by atoms with Crippen LogP contribution in [-0.4, -0.2) is 54.9 Å². The van der Waals surface area contributed by atoms with E-state index >= 15 is 0 Å². The molecule has 0 aliphatic heterocycles. The molecule has 0 saturated heterocycles. The Morgan fingerprint density at radius 3 is 1.22 bits per heavy atom. The predicted molar refractivity (Wildman–Crippen MR) is 75.8 cm³/mol. The third kappa shape index (κ3) is 4.38. The van der Waals surface area contributed by atoms with E-state index in [0.717, 1.165) is 19.6 Å². The van der Waals surface area contributed by atoms with Crippen LogP contribution in [0, 0.1) is 0 Å². The van der Waals surface area contributed by atoms with Crippen molar-refractivity contribution in [2.45, 2.75) is 47.1 Å². The van der Waals surface area contributed by atoms with Crippen LogP contribution < -0.4 is 0 Å². The molecule has 18 heavy (non-hydrogen) atoms. The molecule has 0 amide bonds. The van der Waals surface area contributed by atoms with Crippen molar-refractivity contribution in [2.24, 2.45) is 0 Å². The molecular weight excluding hydrogens is 305 g/mol. The van der Waals surface area contributed by atoms with Crippen LogP contribution in [-0.2, 0) is 24.4 Å². The molecule has 0 bridgehead atoms. The monoisotopic (exact) mass is 337 g/mol. The quantitative estimate of drug-likeness (QED) is 0.710. The van der Waals surface area contributed by atoms with Gasteiger partial charge in [0.25, 0.3) is 0 Å². The third-order valence-corrected chi connectivity index (χ3v) is 15.2. The van der Waals surface area contributed by atoms with Crippen LogP contribution in [0.2, 0.25) is 0 Å². The van der Waals surface area contributed by atoms with E-state index in [1.165, 1.54) is 0 Å². The molecule has 0 saturated carbocycles. The van der Waals surface area contributed by atoms with Gasteiger partial charge >= 0.3 is 121 Å². The van der Waals surface area contributed by atoms with E-state index in [1.54, 1.807) is 0 Å². The summed E-state index contributed by atoms with van der Waals surface area (Å²) in [6.45, 7) is 16.2. The Bertz CT molecular complexity index is 216. The van der Waals surface area contributed by atoms with Gasteiger partial charge in [-0.05, 0) is 0 Å². The van der Waals surface area contributed by atoms with Gasteiger partial charge in [-0.25, -0.2) is 0 Å². The van der Waals surface area contributed by atoms with Gasteiger partial charge in [0.2, 0.25) is 0 Å². The molecule has 0 rings (SSSR count). The molecule has 0 aromatic carbocycles. The first kappa shape index (κ1) is 18.7. The second-order valence-electron chi connectivity index (χ2n) is 5.83. The molecule has 5 heteroatoms. The maximum absolute atomic E-state index is 6.67. The van der Waals surface area contributed by atoms with E-state index in [0.29, 0.717) is 0 Å². The topological polar surface area (TPSA) is 19.0 Å². The first-order valence-corrected chi connectivity index (χ1v) is 11.3. The molecule has 0 unspecified atom stereocenters. The molecule has 110 valence electrons. The fraction of sp³-hybridized carbons (Fsp3) is 1.00. The van der Waals surface area contributed by atoms with Crippen molar-refractivity contribution >= 4 is 0 Å². The van der Waals surface area contributed by atoms with Crippen molar-refractivity contribution in [3.63, 3.8) is 0 Å². The molecule has 0 aromatic rings. The van der Waals surface area contributed by atoms with E-state index in [4.69, 9.17) is 2.81 Å². The van der Waals surface area contributed by atoms with Crippen molar-refractivity contribution in [1.29, 1.82) is 0 Å². The Morgan fingerprint density at radius 2 is 1.06 bits per heavy atom. The van der Waals surface area contributed by atoms with Gasteiger partial charge in [0.1, 0.15) is 0 Å². The van der Waals surface area contributed by atoms with Gasteiger partial charge in [0.15, 0.2) is 0 Å². The standard InChI is InChI=1S/C4H9O.3C3H8N.Zr/c1-4(2,3)5;3*1-3-4-2;/h1-3H3;3*3H2,1-2H3;/q4*-1;+4. The number of rotatable bonds is 7. The zero-order valence-corrected chi connectivity index (χ0v) is 16.3. The van der Waals surface area contributed by atoms with Crippen molar-refractivity contribution in [3.8, 4) is 0 Å². The summed E-state index contributed by atoms with van der Waals surface area (Å²) >= 11 is -3.14. The van der Waals surface area contributed by atoms with Gasteiger partial charge in [-0.15, -0.1) is 0 Å². The number of nitrogens with zero attached hydrogens (tertiary/aromatic N) is 3. The second-order valence-corrected chi connectivity index (χ2v) is 14.8. The fourth-order valence-corrected chi connectivity index (χ4v) is 12.6. The number of hydrogen-bond donors (Lipinski definition) is 0. The summed E-state index contributed by atoms with van der Waals surface area (Å²) in [5.41, 5.74) is -0.105. The molecule has 0 heterocycles. The molecule has 0 radical (unpaired) electrons. The molecular formula is C13H33N3OZr. The molecule has 0 aromatic heterocycles. The Morgan fingerprint density at radius 1 is 0.778 bits per heavy atom. The van der Waals surface area contributed by atoms with Gasteiger partial charge in [0, 0.05) is 0 Å². The van der Waals surface area contributed by atoms with Crippen LogP contribution in [0.15, 0.2) is 0 Å². The van der Waals surface area contributed by atoms with Gasteiger partial charge in [-0.2, -0.15) is 0 Å². The zero-order chi connectivity index (χ0) is 14.6. The van der Waals surface area contributed by atoms with Gasteiger partial charge < -0.3 is 0 Å². The summed E-state index contributed by atoms with van der Waals surface area (Å²) in [6.07, 6.45) is 0. The Labute approximate surface area is 120 Å². The molecule has 0 atom stereocenters. The second kappa shape index (κ2) is 7.49. The fourth-order valence-electron chi connectivity index (χ4n) is 2.14. The van der Waals surface area contributed by atoms with E-state index in [2.05, 4.69) is 71.2 Å². The van der Waals surface area contributed by atoms with Crippen molar-refractivity contribution in [3.05, 3.63) is 0 Å². The number of hydrogen-bond acceptors (Lipinski definition) is 4. The Hall–Kier alpha value is 0.723. The van der Waals surface area contributed by atoms with Crippen molar-refractivity contribution in [2.75, 3.05) is 40.8 Å². The first-order valence-electron chi connectivity index (χ1n) is 6.99. The Kier molecular flexibility index (Phi) is 7.79. The summed E-state index contributed by atoms with van der Waals surface area (Å²) in [5.74, 6) is 0. The van der Waals surface area contributed by atoms with Gasteiger partial charge in [-0.1, -0.05) is 0 Å². The van der Waals surface area contributed by atoms with Gasteiger partial charge in [0.05, 0.1) is 0 Å². The van der Waals surface area contributed by atoms with Crippen LogP contribution in [0.5, 0.6) is 0 Å². The first-order chi connectivity index (χ1) is 8.15. The van der Waals surface area contributed by atoms with Crippen molar-refractivity contribution in [1.82, 2.24) is 8.53 Å². The molecule has 0 aliphatic carbocycles. The van der Waals surface area contributed by atoms with Crippen LogP contribution in [0.1, 0.15) is 41.5 Å². The van der Waals surface area contributed by atoms with E-state index in [-0.39, 0.29) is 5.60 Å². The van der Waals surface area contributed by atoms with Crippen LogP contribution in [0.25, 0.3) is 0 Å². The summed E-state index contributed by atoms with van der Waals surface area (Å²) in [5, 5.41) is 0. The van der Waals surface area contributed by atoms with E-state index in [9.17, 15) is 0 Å². The molecule has 0 fully saturated rings. The SMILES string of the molecule is CC[N](C)[Zr]([O]C(C)(C)C)([N](C)CC)[N](C)CC. The zero-order valence-electron chi connectivity index (χ0n) is 13.9. The summed E-state index contributed by atoms with van der Waals surface area (Å²) in [7, 11) is 6.63. The normalized spacial score (nSPS) is 14.0. The van der Waals surface area contributed by atoms with Crippen LogP contribution in [0.3, 0.4) is 0 Å². The predicted octanol–water partition coefficient (Wildman–Crippen LogP) is 2.47. The van der Waals surface area contributed by atoms with Crippen molar-refractivity contribution < 1.29 is 24.4 Å². The maximum atomic E-state index is 6.67. The molecule has 0 spiro atoms. The summed E-state index contributed by atoms with van der Waals surface area (Å²) in [4.78, 5) is 0. The Balaban J connectivity index is 5.54. The van der Waals surface area contributed by atoms with Crippen LogP contribution >= 0.6 is 0 Å². The van der Waals surface area contributed by atoms with Crippen LogP contribution in [0.4, 0.5) is 0 Å². The molecule has 4 nitrogen and oxygen atoms in total. The van der Waals surface area contributed by atoms with Gasteiger partial charge in [-0.3, -0.25) is 0 Å². The molecule has 0 aliphatic rings.